The van der Waals surface area contributed by atoms with Gasteiger partial charge in [-0.3, -0.25) is 9.59 Å². The van der Waals surface area contributed by atoms with Gasteiger partial charge in [0.15, 0.2) is 0 Å². The number of amides is 2. The predicted molar refractivity (Wildman–Crippen MR) is 86.1 cm³/mol. The van der Waals surface area contributed by atoms with Crippen molar-refractivity contribution in [1.82, 2.24) is 20.8 Å². The van der Waals surface area contributed by atoms with E-state index in [1.54, 1.807) is 27.0 Å². The average Bonchev–Trinajstić information content (AvgIpc) is 3.04. The minimum atomic E-state index is -0.651. The van der Waals surface area contributed by atoms with Gasteiger partial charge in [-0.25, -0.2) is 0 Å². The molecule has 0 spiro atoms. The number of carbonyl (C=O) groups excluding carboxylic acids is 2. The fourth-order valence-electron chi connectivity index (χ4n) is 2.12. The number of para-hydroxylation sites is 1. The highest BCUT2D eigenvalue weighted by molar-refractivity contribution is 5.86. The molecule has 2 aromatic rings. The van der Waals surface area contributed by atoms with E-state index in [9.17, 15) is 9.59 Å². The van der Waals surface area contributed by atoms with Crippen molar-refractivity contribution in [3.05, 3.63) is 30.2 Å². The molecule has 8 nitrogen and oxygen atoms in total. The normalized spacial score (nSPS) is 13.0. The van der Waals surface area contributed by atoms with E-state index in [2.05, 4.69) is 20.8 Å². The van der Waals surface area contributed by atoms with Gasteiger partial charge in [0.1, 0.15) is 17.8 Å². The van der Waals surface area contributed by atoms with E-state index in [1.165, 1.54) is 6.92 Å². The third-order valence-corrected chi connectivity index (χ3v) is 3.33. The zero-order chi connectivity index (χ0) is 17.7. The summed E-state index contributed by atoms with van der Waals surface area (Å²) in [5, 5.41) is 9.15. The number of hydrogen-bond donors (Lipinski definition) is 2. The molecule has 1 aromatic carbocycles. The lowest BCUT2D eigenvalue weighted by Crippen LogP contribution is -2.44. The van der Waals surface area contributed by atoms with Gasteiger partial charge in [0, 0.05) is 6.92 Å². The molecule has 0 unspecified atom stereocenters. The maximum Gasteiger partial charge on any atom is 0.249 e. The molecule has 0 saturated heterocycles. The second-order valence-corrected chi connectivity index (χ2v) is 5.31. The first kappa shape index (κ1) is 17.5. The van der Waals surface area contributed by atoms with E-state index in [0.717, 1.165) is 0 Å². The number of ether oxygens (including phenoxy) is 1. The van der Waals surface area contributed by atoms with Crippen molar-refractivity contribution in [2.75, 3.05) is 7.11 Å². The SMILES string of the molecule is COc1ccccc1-c1noc([C@H](C)NC(=O)[C@H](C)NC(C)=O)n1. The van der Waals surface area contributed by atoms with Crippen molar-refractivity contribution in [2.24, 2.45) is 0 Å². The summed E-state index contributed by atoms with van der Waals surface area (Å²) in [5.41, 5.74) is 0.695. The van der Waals surface area contributed by atoms with Gasteiger partial charge in [0.25, 0.3) is 0 Å². The largest absolute Gasteiger partial charge is 0.496 e. The third kappa shape index (κ3) is 4.09. The highest BCUT2D eigenvalue weighted by Gasteiger charge is 2.21. The Morgan fingerprint density at radius 2 is 1.92 bits per heavy atom. The van der Waals surface area contributed by atoms with Crippen molar-refractivity contribution in [2.45, 2.75) is 32.9 Å². The molecular weight excluding hydrogens is 312 g/mol. The Kier molecular flexibility index (Phi) is 5.51. The van der Waals surface area contributed by atoms with Gasteiger partial charge < -0.3 is 19.9 Å². The first-order valence-electron chi connectivity index (χ1n) is 7.46. The molecular formula is C16H20N4O4. The Hall–Kier alpha value is -2.90. The lowest BCUT2D eigenvalue weighted by molar-refractivity contribution is -0.128. The zero-order valence-corrected chi connectivity index (χ0v) is 14.0. The van der Waals surface area contributed by atoms with Gasteiger partial charge in [0.05, 0.1) is 12.7 Å². The first-order chi connectivity index (χ1) is 11.4. The van der Waals surface area contributed by atoms with E-state index < -0.39 is 12.1 Å². The van der Waals surface area contributed by atoms with Crippen LogP contribution >= 0.6 is 0 Å². The number of nitrogens with one attached hydrogen (secondary N) is 2. The maximum absolute atomic E-state index is 12.0. The summed E-state index contributed by atoms with van der Waals surface area (Å²) in [6.07, 6.45) is 0. The predicted octanol–water partition coefficient (Wildman–Crippen LogP) is 1.45. The topological polar surface area (TPSA) is 106 Å². The Bertz CT molecular complexity index is 728. The summed E-state index contributed by atoms with van der Waals surface area (Å²) in [6, 6.07) is 6.15. The lowest BCUT2D eigenvalue weighted by atomic mass is 10.2. The first-order valence-corrected chi connectivity index (χ1v) is 7.46. The lowest BCUT2D eigenvalue weighted by Gasteiger charge is -2.15. The molecule has 0 saturated carbocycles. The number of nitrogens with zero attached hydrogens (tertiary/aromatic N) is 2. The van der Waals surface area contributed by atoms with Crippen LogP contribution in [0.4, 0.5) is 0 Å². The summed E-state index contributed by atoms with van der Waals surface area (Å²) < 4.78 is 10.5. The molecule has 8 heteroatoms. The molecule has 24 heavy (non-hydrogen) atoms. The molecule has 0 fully saturated rings. The summed E-state index contributed by atoms with van der Waals surface area (Å²) in [7, 11) is 1.56. The van der Waals surface area contributed by atoms with Crippen LogP contribution < -0.4 is 15.4 Å². The third-order valence-electron chi connectivity index (χ3n) is 3.33. The number of aromatic nitrogens is 2. The van der Waals surface area contributed by atoms with Crippen LogP contribution in [-0.4, -0.2) is 35.1 Å². The van der Waals surface area contributed by atoms with Gasteiger partial charge in [-0.05, 0) is 26.0 Å². The zero-order valence-electron chi connectivity index (χ0n) is 14.0. The monoisotopic (exact) mass is 332 g/mol. The highest BCUT2D eigenvalue weighted by Crippen LogP contribution is 2.27. The van der Waals surface area contributed by atoms with Crippen LogP contribution in [0.3, 0.4) is 0 Å². The van der Waals surface area contributed by atoms with Crippen LogP contribution in [0.1, 0.15) is 32.7 Å². The Morgan fingerprint density at radius 1 is 1.21 bits per heavy atom. The summed E-state index contributed by atoms with van der Waals surface area (Å²) >= 11 is 0. The van der Waals surface area contributed by atoms with E-state index in [4.69, 9.17) is 9.26 Å². The van der Waals surface area contributed by atoms with Crippen molar-refractivity contribution >= 4 is 11.8 Å². The summed E-state index contributed by atoms with van der Waals surface area (Å²) in [4.78, 5) is 27.3. The Balaban J connectivity index is 2.10. The van der Waals surface area contributed by atoms with Gasteiger partial charge in [0.2, 0.25) is 23.5 Å². The van der Waals surface area contributed by atoms with Crippen LogP contribution in [0.15, 0.2) is 28.8 Å². The van der Waals surface area contributed by atoms with Crippen LogP contribution in [0.25, 0.3) is 11.4 Å². The standard InChI is InChI=1S/C16H20N4O4/c1-9(17-11(3)21)15(22)18-10(2)16-19-14(20-24-16)12-7-5-6-8-13(12)23-4/h5-10H,1-4H3,(H,17,21)(H,18,22)/t9-,10-/m0/s1. The van der Waals surface area contributed by atoms with Crippen LogP contribution in [0, 0.1) is 0 Å². The Morgan fingerprint density at radius 3 is 2.58 bits per heavy atom. The van der Waals surface area contributed by atoms with Crippen LogP contribution in [0.5, 0.6) is 5.75 Å². The molecule has 0 aliphatic carbocycles. The smallest absolute Gasteiger partial charge is 0.249 e. The van der Waals surface area contributed by atoms with Crippen LogP contribution in [0.2, 0.25) is 0 Å². The molecule has 0 bridgehead atoms. The second kappa shape index (κ2) is 7.58. The fraction of sp³-hybridized carbons (Fsp3) is 0.375. The van der Waals surface area contributed by atoms with Gasteiger partial charge in [-0.2, -0.15) is 4.98 Å². The van der Waals surface area contributed by atoms with E-state index in [1.807, 2.05) is 18.2 Å². The summed E-state index contributed by atoms with van der Waals surface area (Å²) in [5.74, 6) is 0.648. The van der Waals surface area contributed by atoms with Gasteiger partial charge >= 0.3 is 0 Å². The van der Waals surface area contributed by atoms with Gasteiger partial charge in [-0.15, -0.1) is 0 Å². The number of hydrogen-bond acceptors (Lipinski definition) is 6. The Labute approximate surface area is 139 Å². The highest BCUT2D eigenvalue weighted by atomic mass is 16.5. The van der Waals surface area contributed by atoms with Crippen molar-refractivity contribution in [3.63, 3.8) is 0 Å². The minimum Gasteiger partial charge on any atom is -0.496 e. The average molecular weight is 332 g/mol. The molecule has 2 N–H and O–H groups in total. The van der Waals surface area contributed by atoms with Crippen molar-refractivity contribution in [3.8, 4) is 17.1 Å². The van der Waals surface area contributed by atoms with E-state index >= 15 is 0 Å². The van der Waals surface area contributed by atoms with E-state index in [-0.39, 0.29) is 17.7 Å². The molecule has 1 heterocycles. The molecule has 1 aromatic heterocycles. The number of rotatable bonds is 6. The number of carbonyl (C=O) groups is 2. The van der Waals surface area contributed by atoms with Gasteiger partial charge in [-0.1, -0.05) is 17.3 Å². The molecule has 2 atom stereocenters. The fourth-order valence-corrected chi connectivity index (χ4v) is 2.12. The second-order valence-electron chi connectivity index (χ2n) is 5.31. The molecule has 2 amide bonds. The quantitative estimate of drug-likeness (QED) is 0.829. The number of benzene rings is 1. The molecule has 2 rings (SSSR count). The molecule has 128 valence electrons. The van der Waals surface area contributed by atoms with Crippen molar-refractivity contribution in [1.29, 1.82) is 0 Å². The van der Waals surface area contributed by atoms with E-state index in [0.29, 0.717) is 17.1 Å². The minimum absolute atomic E-state index is 0.263. The number of methoxy groups -OCH3 is 1. The summed E-state index contributed by atoms with van der Waals surface area (Å²) in [6.45, 7) is 4.67. The van der Waals surface area contributed by atoms with Crippen molar-refractivity contribution < 1.29 is 18.8 Å². The van der Waals surface area contributed by atoms with Crippen LogP contribution in [-0.2, 0) is 9.59 Å². The maximum atomic E-state index is 12.0. The molecule has 0 aliphatic heterocycles. The molecule has 0 radical (unpaired) electrons. The molecule has 0 aliphatic rings.